The summed E-state index contributed by atoms with van der Waals surface area (Å²) in [6.45, 7) is 0. The van der Waals surface area contributed by atoms with E-state index in [1.165, 1.54) is 12.8 Å². The number of hydrogen-bond donors (Lipinski definition) is 2. The van der Waals surface area contributed by atoms with Gasteiger partial charge in [0.15, 0.2) is 0 Å². The molecular formula is C16H20N2O2. The van der Waals surface area contributed by atoms with E-state index in [9.17, 15) is 9.59 Å². The molecule has 3 rings (SSSR count). The molecule has 0 saturated heterocycles. The monoisotopic (exact) mass is 272 g/mol. The van der Waals surface area contributed by atoms with Crippen LogP contribution in [0.1, 0.15) is 48.9 Å². The molecule has 20 heavy (non-hydrogen) atoms. The van der Waals surface area contributed by atoms with Crippen molar-refractivity contribution in [3.05, 3.63) is 29.8 Å². The number of anilines is 1. The predicted octanol–water partition coefficient (Wildman–Crippen LogP) is 2.71. The zero-order valence-corrected chi connectivity index (χ0v) is 11.5. The summed E-state index contributed by atoms with van der Waals surface area (Å²) in [5, 5.41) is 5.93. The molecule has 2 amide bonds. The molecule has 1 aromatic rings. The molecule has 0 radical (unpaired) electrons. The van der Waals surface area contributed by atoms with Gasteiger partial charge in [0.25, 0.3) is 5.91 Å². The molecule has 0 atom stereocenters. The second-order valence-corrected chi connectivity index (χ2v) is 5.80. The summed E-state index contributed by atoms with van der Waals surface area (Å²) >= 11 is 0. The molecule has 4 heteroatoms. The first-order valence-corrected chi connectivity index (χ1v) is 7.44. The van der Waals surface area contributed by atoms with Crippen LogP contribution >= 0.6 is 0 Å². The highest BCUT2D eigenvalue weighted by molar-refractivity contribution is 5.98. The largest absolute Gasteiger partial charge is 0.349 e. The molecule has 2 aliphatic carbocycles. The lowest BCUT2D eigenvalue weighted by atomic mass is 10.1. The summed E-state index contributed by atoms with van der Waals surface area (Å²) in [4.78, 5) is 23.9. The van der Waals surface area contributed by atoms with E-state index in [2.05, 4.69) is 10.6 Å². The van der Waals surface area contributed by atoms with Gasteiger partial charge in [-0.2, -0.15) is 0 Å². The average molecular weight is 272 g/mol. The van der Waals surface area contributed by atoms with Crippen LogP contribution in [0.25, 0.3) is 0 Å². The fourth-order valence-corrected chi connectivity index (χ4v) is 2.67. The van der Waals surface area contributed by atoms with Crippen molar-refractivity contribution in [2.75, 3.05) is 5.32 Å². The zero-order chi connectivity index (χ0) is 13.9. The molecule has 1 aromatic carbocycles. The summed E-state index contributed by atoms with van der Waals surface area (Å²) in [6.07, 6.45) is 6.50. The maximum absolute atomic E-state index is 12.2. The maximum atomic E-state index is 12.2. The minimum Gasteiger partial charge on any atom is -0.349 e. The molecule has 2 N–H and O–H groups in total. The molecule has 0 spiro atoms. The Kier molecular flexibility index (Phi) is 3.72. The van der Waals surface area contributed by atoms with E-state index in [0.29, 0.717) is 17.3 Å². The Morgan fingerprint density at radius 3 is 2.50 bits per heavy atom. The molecule has 2 saturated carbocycles. The van der Waals surface area contributed by atoms with E-state index in [4.69, 9.17) is 0 Å². The Balaban J connectivity index is 1.63. The van der Waals surface area contributed by atoms with Gasteiger partial charge in [-0.05, 0) is 43.9 Å². The summed E-state index contributed by atoms with van der Waals surface area (Å²) in [5.74, 6) is 0.198. The first-order valence-electron chi connectivity index (χ1n) is 7.44. The fourth-order valence-electron chi connectivity index (χ4n) is 2.67. The van der Waals surface area contributed by atoms with Gasteiger partial charge in [0.1, 0.15) is 0 Å². The van der Waals surface area contributed by atoms with Gasteiger partial charge in [-0.25, -0.2) is 0 Å². The highest BCUT2D eigenvalue weighted by atomic mass is 16.2. The van der Waals surface area contributed by atoms with Crippen molar-refractivity contribution < 1.29 is 9.59 Å². The van der Waals surface area contributed by atoms with Gasteiger partial charge in [-0.15, -0.1) is 0 Å². The first kappa shape index (κ1) is 13.2. The highest BCUT2D eigenvalue weighted by Gasteiger charge is 2.29. The van der Waals surface area contributed by atoms with E-state index < -0.39 is 0 Å². The van der Waals surface area contributed by atoms with Crippen LogP contribution in [0.4, 0.5) is 5.69 Å². The van der Waals surface area contributed by atoms with Crippen molar-refractivity contribution in [3.63, 3.8) is 0 Å². The van der Waals surface area contributed by atoms with Crippen LogP contribution in [0.5, 0.6) is 0 Å². The Bertz CT molecular complexity index is 517. The molecule has 2 fully saturated rings. The van der Waals surface area contributed by atoms with Crippen LogP contribution in [0.15, 0.2) is 24.3 Å². The van der Waals surface area contributed by atoms with Crippen molar-refractivity contribution in [1.29, 1.82) is 0 Å². The number of nitrogens with one attached hydrogen (secondary N) is 2. The third-order valence-corrected chi connectivity index (χ3v) is 4.03. The number of hydrogen-bond acceptors (Lipinski definition) is 2. The minimum absolute atomic E-state index is 0.0422. The predicted molar refractivity (Wildman–Crippen MR) is 77.5 cm³/mol. The van der Waals surface area contributed by atoms with Gasteiger partial charge in [0.2, 0.25) is 5.91 Å². The molecular weight excluding hydrogens is 252 g/mol. The van der Waals surface area contributed by atoms with Crippen molar-refractivity contribution >= 4 is 17.5 Å². The summed E-state index contributed by atoms with van der Waals surface area (Å²) < 4.78 is 0. The van der Waals surface area contributed by atoms with E-state index >= 15 is 0 Å². The summed E-state index contributed by atoms with van der Waals surface area (Å²) in [7, 11) is 0. The summed E-state index contributed by atoms with van der Waals surface area (Å²) in [6, 6.07) is 7.49. The maximum Gasteiger partial charge on any atom is 0.251 e. The second kappa shape index (κ2) is 5.65. The van der Waals surface area contributed by atoms with Crippen molar-refractivity contribution in [2.45, 2.75) is 44.6 Å². The average Bonchev–Trinajstić information content (AvgIpc) is 3.18. The van der Waals surface area contributed by atoms with Crippen molar-refractivity contribution in [1.82, 2.24) is 5.32 Å². The Morgan fingerprint density at radius 2 is 1.80 bits per heavy atom. The quantitative estimate of drug-likeness (QED) is 0.885. The smallest absolute Gasteiger partial charge is 0.251 e. The van der Waals surface area contributed by atoms with Crippen LogP contribution in [0, 0.1) is 5.92 Å². The standard InChI is InChI=1S/C16H20N2O2/c19-15(11-8-9-11)18-14-7-3-4-12(10-14)16(20)17-13-5-1-2-6-13/h3-4,7,10-11,13H,1-2,5-6,8-9H2,(H,17,20)(H,18,19). The number of amides is 2. The third kappa shape index (κ3) is 3.18. The van der Waals surface area contributed by atoms with Crippen LogP contribution in [0.3, 0.4) is 0 Å². The highest BCUT2D eigenvalue weighted by Crippen LogP contribution is 2.30. The summed E-state index contributed by atoms with van der Waals surface area (Å²) in [5.41, 5.74) is 1.33. The van der Waals surface area contributed by atoms with Gasteiger partial charge >= 0.3 is 0 Å². The van der Waals surface area contributed by atoms with E-state index in [0.717, 1.165) is 25.7 Å². The van der Waals surface area contributed by atoms with Gasteiger partial charge in [0, 0.05) is 23.2 Å². The van der Waals surface area contributed by atoms with E-state index in [-0.39, 0.29) is 17.7 Å². The Morgan fingerprint density at radius 1 is 1.05 bits per heavy atom. The van der Waals surface area contributed by atoms with Crippen LogP contribution in [-0.4, -0.2) is 17.9 Å². The Labute approximate surface area is 118 Å². The molecule has 0 heterocycles. The lowest BCUT2D eigenvalue weighted by Crippen LogP contribution is -2.32. The van der Waals surface area contributed by atoms with Gasteiger partial charge in [-0.1, -0.05) is 18.9 Å². The molecule has 4 nitrogen and oxygen atoms in total. The normalized spacial score (nSPS) is 18.8. The number of benzene rings is 1. The molecule has 0 bridgehead atoms. The Hall–Kier alpha value is -1.84. The van der Waals surface area contributed by atoms with Gasteiger partial charge < -0.3 is 10.6 Å². The molecule has 0 aliphatic heterocycles. The van der Waals surface area contributed by atoms with Crippen LogP contribution < -0.4 is 10.6 Å². The van der Waals surface area contributed by atoms with Crippen LogP contribution in [-0.2, 0) is 4.79 Å². The molecule has 106 valence electrons. The first-order chi connectivity index (χ1) is 9.72. The van der Waals surface area contributed by atoms with Gasteiger partial charge in [-0.3, -0.25) is 9.59 Å². The van der Waals surface area contributed by atoms with Crippen molar-refractivity contribution in [2.24, 2.45) is 5.92 Å². The van der Waals surface area contributed by atoms with Crippen LogP contribution in [0.2, 0.25) is 0 Å². The number of carbonyl (C=O) groups is 2. The zero-order valence-electron chi connectivity index (χ0n) is 11.5. The third-order valence-electron chi connectivity index (χ3n) is 4.03. The minimum atomic E-state index is -0.0422. The lowest BCUT2D eigenvalue weighted by Gasteiger charge is -2.12. The topological polar surface area (TPSA) is 58.2 Å². The molecule has 0 aromatic heterocycles. The fraction of sp³-hybridized carbons (Fsp3) is 0.500. The number of carbonyl (C=O) groups excluding carboxylic acids is 2. The SMILES string of the molecule is O=C(NC1CCCC1)c1cccc(NC(=O)C2CC2)c1. The van der Waals surface area contributed by atoms with Crippen molar-refractivity contribution in [3.8, 4) is 0 Å². The second-order valence-electron chi connectivity index (χ2n) is 5.80. The van der Waals surface area contributed by atoms with Gasteiger partial charge in [0.05, 0.1) is 0 Å². The molecule has 0 unspecified atom stereocenters. The molecule has 2 aliphatic rings. The number of rotatable bonds is 4. The lowest BCUT2D eigenvalue weighted by molar-refractivity contribution is -0.117. The van der Waals surface area contributed by atoms with E-state index in [1.807, 2.05) is 12.1 Å². The van der Waals surface area contributed by atoms with E-state index in [1.54, 1.807) is 12.1 Å².